The first-order chi connectivity index (χ1) is 10.5. The van der Waals surface area contributed by atoms with Crippen LogP contribution in [0.4, 0.5) is 0 Å². The summed E-state index contributed by atoms with van der Waals surface area (Å²) < 4.78 is 5.43. The molecule has 0 spiro atoms. The molecule has 0 aliphatic carbocycles. The third-order valence-electron chi connectivity index (χ3n) is 3.81. The maximum Gasteiger partial charge on any atom is 0.136 e. The van der Waals surface area contributed by atoms with Gasteiger partial charge in [0.15, 0.2) is 0 Å². The topological polar surface area (TPSA) is 134 Å². The first kappa shape index (κ1) is 16.9. The Bertz CT molecular complexity index is 469. The molecule has 1 aromatic carbocycles. The van der Waals surface area contributed by atoms with Crippen LogP contribution in [0.2, 0.25) is 0 Å². The maximum absolute atomic E-state index is 9.97. The molecule has 0 amide bonds. The lowest BCUT2D eigenvalue weighted by Gasteiger charge is -2.46. The number of piperidine rings is 1. The van der Waals surface area contributed by atoms with Crippen molar-refractivity contribution in [1.29, 1.82) is 0 Å². The number of aliphatic hydroxyl groups excluding tert-OH is 5. The molecular weight excluding hydrogens is 294 g/mol. The van der Waals surface area contributed by atoms with Crippen LogP contribution in [-0.2, 0) is 0 Å². The zero-order valence-electron chi connectivity index (χ0n) is 11.9. The monoisotopic (exact) mass is 315 g/mol. The van der Waals surface area contributed by atoms with Crippen LogP contribution in [0.1, 0.15) is 0 Å². The van der Waals surface area contributed by atoms with E-state index in [4.69, 9.17) is 9.84 Å². The third kappa shape index (κ3) is 3.49. The molecule has 8 nitrogen and oxygen atoms in total. The summed E-state index contributed by atoms with van der Waals surface area (Å²) >= 11 is 0. The molecule has 1 heterocycles. The van der Waals surface area contributed by atoms with Crippen LogP contribution in [0.3, 0.4) is 0 Å². The summed E-state index contributed by atoms with van der Waals surface area (Å²) in [6, 6.07) is 5.16. The minimum Gasteiger partial charge on any atom is -0.508 e. The van der Waals surface area contributed by atoms with Crippen molar-refractivity contribution in [2.45, 2.75) is 30.6 Å². The van der Waals surface area contributed by atoms with E-state index in [0.717, 1.165) is 0 Å². The number of benzene rings is 1. The number of nitrogens with zero attached hydrogens (tertiary/aromatic N) is 1. The number of ether oxygens (including phenoxy) is 1. The lowest BCUT2D eigenvalue weighted by molar-refractivity contribution is -0.223. The van der Waals surface area contributed by atoms with E-state index in [1.54, 1.807) is 12.1 Å². The minimum absolute atomic E-state index is 0.111. The molecule has 2 rings (SSSR count). The van der Waals surface area contributed by atoms with Gasteiger partial charge < -0.3 is 35.4 Å². The van der Waals surface area contributed by atoms with Crippen LogP contribution in [0, 0.1) is 0 Å². The predicted molar refractivity (Wildman–Crippen MR) is 75.2 cm³/mol. The largest absolute Gasteiger partial charge is 0.508 e. The van der Waals surface area contributed by atoms with Crippen molar-refractivity contribution in [2.24, 2.45) is 0 Å². The lowest BCUT2D eigenvalue weighted by atomic mass is 9.93. The molecule has 0 bridgehead atoms. The first-order valence-corrected chi connectivity index (χ1v) is 6.96. The second-order valence-corrected chi connectivity index (χ2v) is 5.22. The molecular formula is C14H21NO7. The highest BCUT2D eigenvalue weighted by molar-refractivity contribution is 5.30. The van der Waals surface area contributed by atoms with Gasteiger partial charge in [-0.2, -0.15) is 0 Å². The average molecular weight is 315 g/mol. The molecule has 0 aromatic heterocycles. The quantitative estimate of drug-likeness (QED) is 0.362. The van der Waals surface area contributed by atoms with Crippen molar-refractivity contribution in [2.75, 3.05) is 19.8 Å². The molecule has 5 atom stereocenters. The standard InChI is InChI=1S/C14H21NO7/c16-7-10-11(18)12(19)13(20)14(21)15(10)5-6-22-9-3-1-8(17)2-4-9/h1-4,10-14,16-21H,5-7H2/t10-,11-,12+,13-,14?/m1/s1. The summed E-state index contributed by atoms with van der Waals surface area (Å²) in [6.07, 6.45) is -5.86. The number of aromatic hydroxyl groups is 1. The van der Waals surface area contributed by atoms with E-state index in [0.29, 0.717) is 5.75 Å². The molecule has 1 unspecified atom stereocenters. The highest BCUT2D eigenvalue weighted by Crippen LogP contribution is 2.23. The minimum atomic E-state index is -1.54. The number of rotatable bonds is 5. The second-order valence-electron chi connectivity index (χ2n) is 5.22. The van der Waals surface area contributed by atoms with Gasteiger partial charge in [0.1, 0.15) is 42.6 Å². The Labute approximate surface area is 127 Å². The molecule has 1 aliphatic heterocycles. The maximum atomic E-state index is 9.97. The summed E-state index contributed by atoms with van der Waals surface area (Å²) in [6.45, 7) is -0.247. The molecule has 124 valence electrons. The number of hydrogen-bond acceptors (Lipinski definition) is 8. The summed E-state index contributed by atoms with van der Waals surface area (Å²) in [5.41, 5.74) is 0. The summed E-state index contributed by atoms with van der Waals surface area (Å²) in [7, 11) is 0. The van der Waals surface area contributed by atoms with E-state index < -0.39 is 37.2 Å². The number of likely N-dealkylation sites (tertiary alicyclic amines) is 1. The van der Waals surface area contributed by atoms with Crippen LogP contribution in [0.5, 0.6) is 11.5 Å². The molecule has 8 heteroatoms. The van der Waals surface area contributed by atoms with E-state index in [-0.39, 0.29) is 18.9 Å². The molecule has 22 heavy (non-hydrogen) atoms. The fourth-order valence-corrected chi connectivity index (χ4v) is 2.52. The molecule has 0 saturated carbocycles. The molecule has 0 radical (unpaired) electrons. The fourth-order valence-electron chi connectivity index (χ4n) is 2.52. The fraction of sp³-hybridized carbons (Fsp3) is 0.571. The SMILES string of the molecule is OC[C@@H]1[C@@H](O)[C@H](O)[C@@H](O)C(O)N1CCOc1ccc(O)cc1. The first-order valence-electron chi connectivity index (χ1n) is 6.96. The average Bonchev–Trinajstić information content (AvgIpc) is 2.52. The Morgan fingerprint density at radius 1 is 0.955 bits per heavy atom. The van der Waals surface area contributed by atoms with Crippen molar-refractivity contribution in [3.05, 3.63) is 24.3 Å². The van der Waals surface area contributed by atoms with Crippen molar-refractivity contribution >= 4 is 0 Å². The van der Waals surface area contributed by atoms with Crippen molar-refractivity contribution < 1.29 is 35.4 Å². The second kappa shape index (κ2) is 7.23. The summed E-state index contributed by atoms with van der Waals surface area (Å²) in [5.74, 6) is 0.616. The molecule has 1 saturated heterocycles. The Hall–Kier alpha value is -1.42. The van der Waals surface area contributed by atoms with Crippen LogP contribution in [0.15, 0.2) is 24.3 Å². The van der Waals surface area contributed by atoms with Gasteiger partial charge in [-0.1, -0.05) is 0 Å². The van der Waals surface area contributed by atoms with Crippen LogP contribution >= 0.6 is 0 Å². The number of phenolic OH excluding ortho intramolecular Hbond substituents is 1. The Morgan fingerprint density at radius 2 is 1.59 bits per heavy atom. The van der Waals surface area contributed by atoms with Crippen molar-refractivity contribution in [3.63, 3.8) is 0 Å². The van der Waals surface area contributed by atoms with E-state index in [1.165, 1.54) is 17.0 Å². The molecule has 6 N–H and O–H groups in total. The number of aliphatic hydroxyl groups is 5. The van der Waals surface area contributed by atoms with Crippen molar-refractivity contribution in [3.8, 4) is 11.5 Å². The Balaban J connectivity index is 1.95. The van der Waals surface area contributed by atoms with Gasteiger partial charge in [-0.25, -0.2) is 0 Å². The summed E-state index contributed by atoms with van der Waals surface area (Å²) in [4.78, 5) is 1.28. The van der Waals surface area contributed by atoms with E-state index in [1.807, 2.05) is 0 Å². The number of phenols is 1. The Kier molecular flexibility index (Phi) is 5.57. The zero-order valence-corrected chi connectivity index (χ0v) is 11.9. The van der Waals surface area contributed by atoms with Gasteiger partial charge in [0.05, 0.1) is 12.6 Å². The van der Waals surface area contributed by atoms with Gasteiger partial charge in [-0.15, -0.1) is 0 Å². The molecule has 1 aliphatic rings. The number of hydrogen-bond donors (Lipinski definition) is 6. The van der Waals surface area contributed by atoms with Gasteiger partial charge in [0.25, 0.3) is 0 Å². The molecule has 1 fully saturated rings. The van der Waals surface area contributed by atoms with Gasteiger partial charge in [-0.3, -0.25) is 4.90 Å². The van der Waals surface area contributed by atoms with E-state index in [2.05, 4.69) is 0 Å². The van der Waals surface area contributed by atoms with E-state index in [9.17, 15) is 25.5 Å². The van der Waals surface area contributed by atoms with Crippen LogP contribution < -0.4 is 4.74 Å². The van der Waals surface area contributed by atoms with Crippen LogP contribution in [0.25, 0.3) is 0 Å². The summed E-state index contributed by atoms with van der Waals surface area (Å²) in [5, 5.41) is 57.6. The van der Waals surface area contributed by atoms with Gasteiger partial charge >= 0.3 is 0 Å². The lowest BCUT2D eigenvalue weighted by Crippen LogP contribution is -2.67. The highest BCUT2D eigenvalue weighted by Gasteiger charge is 2.46. The predicted octanol–water partition coefficient (Wildman–Crippen LogP) is -2.15. The van der Waals surface area contributed by atoms with Gasteiger partial charge in [0.2, 0.25) is 0 Å². The van der Waals surface area contributed by atoms with Gasteiger partial charge in [0, 0.05) is 6.54 Å². The third-order valence-corrected chi connectivity index (χ3v) is 3.81. The Morgan fingerprint density at radius 3 is 2.18 bits per heavy atom. The van der Waals surface area contributed by atoms with E-state index >= 15 is 0 Å². The highest BCUT2D eigenvalue weighted by atomic mass is 16.5. The smallest absolute Gasteiger partial charge is 0.136 e. The molecule has 1 aromatic rings. The van der Waals surface area contributed by atoms with Gasteiger partial charge in [-0.05, 0) is 24.3 Å². The van der Waals surface area contributed by atoms with Crippen molar-refractivity contribution in [1.82, 2.24) is 4.90 Å². The van der Waals surface area contributed by atoms with Crippen LogP contribution in [-0.4, -0.2) is 85.9 Å². The normalized spacial score (nSPS) is 32.9. The zero-order chi connectivity index (χ0) is 16.3.